The molecule has 0 saturated heterocycles. The van der Waals surface area contributed by atoms with Crippen LogP contribution in [-0.4, -0.2) is 28.8 Å². The van der Waals surface area contributed by atoms with Crippen molar-refractivity contribution in [1.82, 2.24) is 20.4 Å². The lowest BCUT2D eigenvalue weighted by Crippen LogP contribution is -2.28. The molecule has 1 aliphatic heterocycles. The number of benzene rings is 2. The summed E-state index contributed by atoms with van der Waals surface area (Å²) < 4.78 is 34.3. The molecule has 156 valence electrons. The Hall–Kier alpha value is -3.26. The molecular weight excluding hydrogens is 390 g/mol. The zero-order valence-electron chi connectivity index (χ0n) is 16.3. The zero-order valence-corrected chi connectivity index (χ0v) is 16.3. The summed E-state index contributed by atoms with van der Waals surface area (Å²) in [5.41, 5.74) is 2.54. The van der Waals surface area contributed by atoms with Gasteiger partial charge < -0.3 is 15.4 Å². The molecule has 6 nitrogen and oxygen atoms in total. The first-order valence-corrected chi connectivity index (χ1v) is 9.80. The topological polar surface area (TPSA) is 68.2 Å². The molecule has 0 spiro atoms. The van der Waals surface area contributed by atoms with Crippen molar-refractivity contribution >= 4 is 5.91 Å². The summed E-state index contributed by atoms with van der Waals surface area (Å²) >= 11 is 0. The van der Waals surface area contributed by atoms with Crippen molar-refractivity contribution in [1.29, 1.82) is 0 Å². The van der Waals surface area contributed by atoms with Gasteiger partial charge in [-0.1, -0.05) is 18.2 Å². The maximum Gasteiger partial charge on any atom is 0.272 e. The summed E-state index contributed by atoms with van der Waals surface area (Å²) in [5, 5.41) is 10.5. The molecule has 1 amide bonds. The average molecular weight is 412 g/mol. The number of carbonyl (C=O) groups is 1. The maximum absolute atomic E-state index is 13.4. The largest absolute Gasteiger partial charge is 0.492 e. The van der Waals surface area contributed by atoms with Crippen molar-refractivity contribution in [2.45, 2.75) is 26.1 Å². The molecule has 8 heteroatoms. The van der Waals surface area contributed by atoms with Crippen LogP contribution in [0.25, 0.3) is 0 Å². The summed E-state index contributed by atoms with van der Waals surface area (Å²) in [4.78, 5) is 12.7. The van der Waals surface area contributed by atoms with Crippen LogP contribution in [0, 0.1) is 11.6 Å². The fourth-order valence-electron chi connectivity index (χ4n) is 3.53. The molecule has 3 aromatic rings. The van der Waals surface area contributed by atoms with Crippen LogP contribution in [0.4, 0.5) is 8.78 Å². The second-order valence-corrected chi connectivity index (χ2v) is 7.05. The van der Waals surface area contributed by atoms with Gasteiger partial charge in [0.2, 0.25) is 0 Å². The van der Waals surface area contributed by atoms with E-state index in [0.717, 1.165) is 36.0 Å². The molecule has 0 radical (unpaired) electrons. The van der Waals surface area contributed by atoms with Gasteiger partial charge in [0.05, 0.1) is 6.54 Å². The number of para-hydroxylation sites is 1. The number of halogens is 2. The van der Waals surface area contributed by atoms with Gasteiger partial charge in [0.15, 0.2) is 5.69 Å². The number of hydrogen-bond donors (Lipinski definition) is 2. The Kier molecular flexibility index (Phi) is 6.04. The first kappa shape index (κ1) is 20.0. The summed E-state index contributed by atoms with van der Waals surface area (Å²) in [7, 11) is 0. The third-order valence-electron chi connectivity index (χ3n) is 4.91. The van der Waals surface area contributed by atoms with E-state index < -0.39 is 11.6 Å². The van der Waals surface area contributed by atoms with Gasteiger partial charge in [0, 0.05) is 43.4 Å². The molecule has 0 bridgehead atoms. The lowest BCUT2D eigenvalue weighted by atomic mass is 10.1. The van der Waals surface area contributed by atoms with Gasteiger partial charge in [-0.2, -0.15) is 5.10 Å². The van der Waals surface area contributed by atoms with E-state index in [1.54, 1.807) is 0 Å². The molecule has 0 atom stereocenters. The predicted molar refractivity (Wildman–Crippen MR) is 107 cm³/mol. The van der Waals surface area contributed by atoms with Crippen LogP contribution >= 0.6 is 0 Å². The fraction of sp³-hybridized carbons (Fsp3) is 0.273. The first-order valence-electron chi connectivity index (χ1n) is 9.80. The molecule has 0 saturated carbocycles. The number of nitrogens with zero attached hydrogens (tertiary/aromatic N) is 2. The molecule has 0 unspecified atom stereocenters. The molecule has 0 fully saturated rings. The Balaban J connectivity index is 1.45. The van der Waals surface area contributed by atoms with Crippen LogP contribution in [0.2, 0.25) is 0 Å². The minimum Gasteiger partial charge on any atom is -0.492 e. The third-order valence-corrected chi connectivity index (χ3v) is 4.91. The predicted octanol–water partition coefficient (Wildman–Crippen LogP) is 2.82. The van der Waals surface area contributed by atoms with E-state index in [1.165, 1.54) is 12.1 Å². The lowest BCUT2D eigenvalue weighted by Gasteiger charge is -2.16. The Morgan fingerprint density at radius 1 is 1.17 bits per heavy atom. The highest BCUT2D eigenvalue weighted by Crippen LogP contribution is 2.19. The minimum atomic E-state index is -0.677. The highest BCUT2D eigenvalue weighted by molar-refractivity contribution is 5.94. The monoisotopic (exact) mass is 412 g/mol. The highest BCUT2D eigenvalue weighted by Gasteiger charge is 2.24. The number of ether oxygens (including phenoxy) is 1. The van der Waals surface area contributed by atoms with Crippen LogP contribution in [0.3, 0.4) is 0 Å². The van der Waals surface area contributed by atoms with Crippen molar-refractivity contribution in [3.05, 3.63) is 82.7 Å². The third kappa shape index (κ3) is 4.65. The second kappa shape index (κ2) is 9.04. The maximum atomic E-state index is 13.4. The van der Waals surface area contributed by atoms with Crippen LogP contribution in [0.15, 0.2) is 48.5 Å². The smallest absolute Gasteiger partial charge is 0.272 e. The second-order valence-electron chi connectivity index (χ2n) is 7.05. The molecule has 1 aromatic heterocycles. The van der Waals surface area contributed by atoms with Gasteiger partial charge in [-0.15, -0.1) is 0 Å². The van der Waals surface area contributed by atoms with Crippen LogP contribution in [0.5, 0.6) is 5.75 Å². The van der Waals surface area contributed by atoms with E-state index in [2.05, 4.69) is 15.7 Å². The number of aromatic nitrogens is 2. The van der Waals surface area contributed by atoms with E-state index >= 15 is 0 Å². The minimum absolute atomic E-state index is 0.0136. The molecule has 2 N–H and O–H groups in total. The summed E-state index contributed by atoms with van der Waals surface area (Å²) in [5.74, 6) is -0.949. The number of rotatable bonds is 7. The summed E-state index contributed by atoms with van der Waals surface area (Å²) in [6.45, 7) is 2.31. The molecular formula is C22H22F2N4O2. The number of amides is 1. The molecule has 4 rings (SSSR count). The molecule has 30 heavy (non-hydrogen) atoms. The van der Waals surface area contributed by atoms with Crippen molar-refractivity contribution in [2.24, 2.45) is 0 Å². The zero-order chi connectivity index (χ0) is 20.9. The average Bonchev–Trinajstić information content (AvgIpc) is 3.11. The van der Waals surface area contributed by atoms with Gasteiger partial charge >= 0.3 is 0 Å². The van der Waals surface area contributed by atoms with Crippen LogP contribution < -0.4 is 15.4 Å². The van der Waals surface area contributed by atoms with E-state index in [-0.39, 0.29) is 12.5 Å². The van der Waals surface area contributed by atoms with E-state index in [4.69, 9.17) is 4.74 Å². The van der Waals surface area contributed by atoms with Gasteiger partial charge in [0.25, 0.3) is 5.91 Å². The van der Waals surface area contributed by atoms with E-state index in [0.29, 0.717) is 31.0 Å². The lowest BCUT2D eigenvalue weighted by molar-refractivity contribution is 0.0943. The van der Waals surface area contributed by atoms with Gasteiger partial charge in [-0.25, -0.2) is 8.78 Å². The van der Waals surface area contributed by atoms with Gasteiger partial charge in [0.1, 0.15) is 24.0 Å². The SMILES string of the molecule is O=C(NCc1cc(F)cc(F)c1)c1nn(CCOc2ccccc2)c2c1CNCC2. The van der Waals surface area contributed by atoms with Gasteiger partial charge in [-0.05, 0) is 29.8 Å². The summed E-state index contributed by atoms with van der Waals surface area (Å²) in [6.07, 6.45) is 0.760. The Bertz CT molecular complexity index is 1020. The van der Waals surface area contributed by atoms with Crippen LogP contribution in [-0.2, 0) is 26.1 Å². The number of carbonyl (C=O) groups excluding carboxylic acids is 1. The molecule has 0 aliphatic carbocycles. The van der Waals surface area contributed by atoms with Gasteiger partial charge in [-0.3, -0.25) is 9.48 Å². The molecule has 2 aromatic carbocycles. The van der Waals surface area contributed by atoms with Crippen LogP contribution in [0.1, 0.15) is 27.3 Å². The number of hydrogen-bond acceptors (Lipinski definition) is 4. The van der Waals surface area contributed by atoms with E-state index in [9.17, 15) is 13.6 Å². The number of fused-ring (bicyclic) bond motifs is 1. The standard InChI is InChI=1S/C22H22F2N4O2/c23-16-10-15(11-17(24)12-16)13-26-22(29)21-19-14-25-7-6-20(19)28(27-21)8-9-30-18-4-2-1-3-5-18/h1-5,10-12,25H,6-9,13-14H2,(H,26,29). The van der Waals surface area contributed by atoms with E-state index in [1.807, 2.05) is 35.0 Å². The fourth-order valence-corrected chi connectivity index (χ4v) is 3.53. The summed E-state index contributed by atoms with van der Waals surface area (Å²) in [6, 6.07) is 12.7. The van der Waals surface area contributed by atoms with Crippen molar-refractivity contribution in [3.8, 4) is 5.75 Å². The normalized spacial score (nSPS) is 13.0. The Labute approximate surface area is 172 Å². The quantitative estimate of drug-likeness (QED) is 0.626. The molecule has 2 heterocycles. The Morgan fingerprint density at radius 2 is 1.93 bits per heavy atom. The Morgan fingerprint density at radius 3 is 2.70 bits per heavy atom. The number of nitrogens with one attached hydrogen (secondary N) is 2. The highest BCUT2D eigenvalue weighted by atomic mass is 19.1. The molecule has 1 aliphatic rings. The first-order chi connectivity index (χ1) is 14.6. The van der Waals surface area contributed by atoms with Crippen molar-refractivity contribution in [3.63, 3.8) is 0 Å². The van der Waals surface area contributed by atoms with Crippen molar-refractivity contribution in [2.75, 3.05) is 13.2 Å². The van der Waals surface area contributed by atoms with Crippen molar-refractivity contribution < 1.29 is 18.3 Å².